The van der Waals surface area contributed by atoms with E-state index in [1.54, 1.807) is 13.8 Å². The third kappa shape index (κ3) is 6.96. The lowest BCUT2D eigenvalue weighted by Gasteiger charge is -2.28. The quantitative estimate of drug-likeness (QED) is 0.313. The minimum absolute atomic E-state index is 0.0609. The molecule has 0 aliphatic heterocycles. The van der Waals surface area contributed by atoms with Gasteiger partial charge in [0.2, 0.25) is 12.3 Å². The molecule has 0 bridgehead atoms. The standard InChI is InChI=1S/C15H27N3O5/c1-11(2)17(9-15(21)22)16-14(20)8-13(18(23)10-19)7-12-5-3-4-6-12/h10-13,23H,3-9H2,1-2H3,(H,16,20)(H,21,22). The molecular weight excluding hydrogens is 302 g/mol. The van der Waals surface area contributed by atoms with Crippen molar-refractivity contribution < 1.29 is 24.7 Å². The number of nitrogens with one attached hydrogen (secondary N) is 1. The number of carboxylic acids is 1. The van der Waals surface area contributed by atoms with Crippen molar-refractivity contribution in [3.63, 3.8) is 0 Å². The summed E-state index contributed by atoms with van der Waals surface area (Å²) in [5.41, 5.74) is 2.54. The van der Waals surface area contributed by atoms with Crippen LogP contribution in [-0.2, 0) is 14.4 Å². The number of carbonyl (C=O) groups excluding carboxylic acids is 2. The minimum Gasteiger partial charge on any atom is -0.480 e. The average molecular weight is 329 g/mol. The molecule has 23 heavy (non-hydrogen) atoms. The molecule has 1 atom stereocenters. The van der Waals surface area contributed by atoms with Crippen molar-refractivity contribution >= 4 is 18.3 Å². The fourth-order valence-corrected chi connectivity index (χ4v) is 2.92. The summed E-state index contributed by atoms with van der Waals surface area (Å²) in [6.45, 7) is 3.22. The van der Waals surface area contributed by atoms with Gasteiger partial charge < -0.3 is 5.11 Å². The predicted molar refractivity (Wildman–Crippen MR) is 82.3 cm³/mol. The first-order valence-corrected chi connectivity index (χ1v) is 8.04. The van der Waals surface area contributed by atoms with E-state index >= 15 is 0 Å². The second-order valence-electron chi connectivity index (χ2n) is 6.38. The number of hydroxylamine groups is 2. The first-order valence-electron chi connectivity index (χ1n) is 8.04. The van der Waals surface area contributed by atoms with Gasteiger partial charge >= 0.3 is 5.97 Å². The molecule has 0 aromatic carbocycles. The maximum atomic E-state index is 12.1. The number of hydrogen-bond donors (Lipinski definition) is 3. The lowest BCUT2D eigenvalue weighted by Crippen LogP contribution is -2.50. The van der Waals surface area contributed by atoms with Crippen molar-refractivity contribution in [2.45, 2.75) is 64.5 Å². The highest BCUT2D eigenvalue weighted by Gasteiger charge is 2.27. The van der Waals surface area contributed by atoms with Crippen molar-refractivity contribution in [3.05, 3.63) is 0 Å². The van der Waals surface area contributed by atoms with E-state index in [-0.39, 0.29) is 19.0 Å². The summed E-state index contributed by atoms with van der Waals surface area (Å²) in [6, 6.07) is -0.769. The average Bonchev–Trinajstić information content (AvgIpc) is 2.97. The Labute approximate surface area is 136 Å². The van der Waals surface area contributed by atoms with Crippen molar-refractivity contribution in [2.24, 2.45) is 5.92 Å². The molecule has 1 rings (SSSR count). The Kier molecular flexibility index (Phi) is 7.97. The van der Waals surface area contributed by atoms with Crippen LogP contribution in [0.1, 0.15) is 52.4 Å². The maximum Gasteiger partial charge on any atom is 0.319 e. The number of carbonyl (C=O) groups is 3. The van der Waals surface area contributed by atoms with Gasteiger partial charge in [-0.1, -0.05) is 25.7 Å². The molecule has 8 heteroatoms. The van der Waals surface area contributed by atoms with Gasteiger partial charge in [0.1, 0.15) is 6.54 Å². The Bertz CT molecular complexity index is 410. The van der Waals surface area contributed by atoms with Crippen LogP contribution >= 0.6 is 0 Å². The third-order valence-corrected chi connectivity index (χ3v) is 4.18. The van der Waals surface area contributed by atoms with Gasteiger partial charge in [-0.25, -0.2) is 10.1 Å². The second kappa shape index (κ2) is 9.46. The normalized spacial score (nSPS) is 16.6. The second-order valence-corrected chi connectivity index (χ2v) is 6.38. The van der Waals surface area contributed by atoms with E-state index in [2.05, 4.69) is 5.43 Å². The summed E-state index contributed by atoms with van der Waals surface area (Å²) in [5, 5.41) is 20.4. The zero-order chi connectivity index (χ0) is 17.4. The first-order chi connectivity index (χ1) is 10.8. The van der Waals surface area contributed by atoms with Crippen LogP contribution in [0.15, 0.2) is 0 Å². The molecule has 0 saturated heterocycles. The smallest absolute Gasteiger partial charge is 0.319 e. The Morgan fingerprint density at radius 1 is 1.30 bits per heavy atom. The highest BCUT2D eigenvalue weighted by atomic mass is 16.5. The summed E-state index contributed by atoms with van der Waals surface area (Å²) in [4.78, 5) is 33.8. The predicted octanol–water partition coefficient (Wildman–Crippen LogP) is 0.999. The molecule has 132 valence electrons. The van der Waals surface area contributed by atoms with E-state index in [0.29, 0.717) is 23.8 Å². The van der Waals surface area contributed by atoms with Gasteiger partial charge in [0.05, 0.1) is 12.5 Å². The number of carboxylic acid groups (broad SMARTS) is 1. The molecule has 0 aromatic heterocycles. The third-order valence-electron chi connectivity index (χ3n) is 4.18. The summed E-state index contributed by atoms with van der Waals surface area (Å²) in [5.74, 6) is -1.05. The van der Waals surface area contributed by atoms with Crippen LogP contribution < -0.4 is 5.43 Å². The Morgan fingerprint density at radius 3 is 2.39 bits per heavy atom. The Morgan fingerprint density at radius 2 is 1.91 bits per heavy atom. The van der Waals surface area contributed by atoms with Gasteiger partial charge in [-0.15, -0.1) is 0 Å². The van der Waals surface area contributed by atoms with E-state index in [4.69, 9.17) is 5.11 Å². The van der Waals surface area contributed by atoms with Gasteiger partial charge in [-0.05, 0) is 26.2 Å². The maximum absolute atomic E-state index is 12.1. The van der Waals surface area contributed by atoms with Gasteiger partial charge in [-0.2, -0.15) is 0 Å². The van der Waals surface area contributed by atoms with Crippen LogP contribution in [0.5, 0.6) is 0 Å². The molecule has 1 aliphatic carbocycles. The van der Waals surface area contributed by atoms with Crippen molar-refractivity contribution in [2.75, 3.05) is 6.54 Å². The molecule has 0 radical (unpaired) electrons. The lowest BCUT2D eigenvalue weighted by atomic mass is 9.96. The summed E-state index contributed by atoms with van der Waals surface area (Å²) >= 11 is 0. The van der Waals surface area contributed by atoms with E-state index in [1.807, 2.05) is 0 Å². The molecule has 1 aliphatic rings. The number of nitrogens with zero attached hydrogens (tertiary/aromatic N) is 2. The van der Waals surface area contributed by atoms with Crippen molar-refractivity contribution in [1.29, 1.82) is 0 Å². The molecule has 8 nitrogen and oxygen atoms in total. The van der Waals surface area contributed by atoms with E-state index in [9.17, 15) is 19.6 Å². The van der Waals surface area contributed by atoms with E-state index in [0.717, 1.165) is 25.7 Å². The van der Waals surface area contributed by atoms with Crippen LogP contribution in [0.25, 0.3) is 0 Å². The molecule has 0 heterocycles. The number of hydrazine groups is 1. The van der Waals surface area contributed by atoms with Gasteiger partial charge in [0.15, 0.2) is 0 Å². The number of amides is 2. The SMILES string of the molecule is CC(C)N(CC(=O)O)NC(=O)CC(CC1CCCC1)N(O)C=O. The monoisotopic (exact) mass is 329 g/mol. The summed E-state index contributed by atoms with van der Waals surface area (Å²) in [6.07, 6.45) is 5.18. The molecule has 1 saturated carbocycles. The number of hydrogen-bond acceptors (Lipinski definition) is 5. The number of rotatable bonds is 10. The van der Waals surface area contributed by atoms with E-state index < -0.39 is 17.9 Å². The molecule has 0 spiro atoms. The summed E-state index contributed by atoms with van der Waals surface area (Å²) in [7, 11) is 0. The van der Waals surface area contributed by atoms with Crippen molar-refractivity contribution in [3.8, 4) is 0 Å². The van der Waals surface area contributed by atoms with Gasteiger partial charge in [-0.3, -0.25) is 25.0 Å². The minimum atomic E-state index is -1.04. The van der Waals surface area contributed by atoms with Crippen LogP contribution in [0.2, 0.25) is 0 Å². The summed E-state index contributed by atoms with van der Waals surface area (Å²) < 4.78 is 0. The van der Waals surface area contributed by atoms with Crippen LogP contribution in [0.4, 0.5) is 0 Å². The number of aliphatic carboxylic acids is 1. The molecule has 3 N–H and O–H groups in total. The van der Waals surface area contributed by atoms with Crippen LogP contribution in [-0.4, -0.2) is 57.3 Å². The molecule has 2 amide bonds. The van der Waals surface area contributed by atoms with Gasteiger partial charge in [0.25, 0.3) is 0 Å². The molecular formula is C15H27N3O5. The molecule has 1 fully saturated rings. The topological polar surface area (TPSA) is 110 Å². The van der Waals surface area contributed by atoms with Crippen molar-refractivity contribution in [1.82, 2.24) is 15.5 Å². The zero-order valence-corrected chi connectivity index (χ0v) is 13.8. The lowest BCUT2D eigenvalue weighted by molar-refractivity contribution is -0.164. The van der Waals surface area contributed by atoms with Crippen LogP contribution in [0.3, 0.4) is 0 Å². The largest absolute Gasteiger partial charge is 0.480 e. The fraction of sp³-hybridized carbons (Fsp3) is 0.800. The zero-order valence-electron chi connectivity index (χ0n) is 13.8. The van der Waals surface area contributed by atoms with Crippen LogP contribution in [0, 0.1) is 5.92 Å². The highest BCUT2D eigenvalue weighted by molar-refractivity contribution is 5.77. The Hall–Kier alpha value is -1.67. The molecule has 0 aromatic rings. The highest BCUT2D eigenvalue weighted by Crippen LogP contribution is 2.30. The Balaban J connectivity index is 2.60. The molecule has 1 unspecified atom stereocenters. The van der Waals surface area contributed by atoms with Gasteiger partial charge in [0, 0.05) is 6.04 Å². The first kappa shape index (κ1) is 19.4. The van der Waals surface area contributed by atoms with E-state index in [1.165, 1.54) is 5.01 Å². The fourth-order valence-electron chi connectivity index (χ4n) is 2.92.